The molecule has 452 valence electrons. The van der Waals surface area contributed by atoms with Gasteiger partial charge in [-0.2, -0.15) is 0 Å². The van der Waals surface area contributed by atoms with Crippen LogP contribution in [0.1, 0.15) is 284 Å². The Morgan fingerprint density at radius 3 is 0.825 bits per heavy atom. The van der Waals surface area contributed by atoms with E-state index in [2.05, 4.69) is 161 Å². The second-order valence-corrected chi connectivity index (χ2v) is 21.3. The Labute approximate surface area is 493 Å². The predicted octanol–water partition coefficient (Wildman–Crippen LogP) is 22.7. The molecular weight excluding hydrogens is 985 g/mol. The molecule has 0 aliphatic rings. The van der Waals surface area contributed by atoms with Crippen molar-refractivity contribution in [2.75, 3.05) is 13.2 Å². The predicted molar refractivity (Wildman–Crippen MR) is 348 cm³/mol. The van der Waals surface area contributed by atoms with Gasteiger partial charge in [0.05, 0.1) is 0 Å². The molecule has 0 aromatic heterocycles. The van der Waals surface area contributed by atoms with Gasteiger partial charge < -0.3 is 14.2 Å². The molecule has 0 N–H and O–H groups in total. The molecule has 0 aromatic carbocycles. The number of carbonyl (C=O) groups excluding carboxylic acids is 3. The zero-order valence-electron chi connectivity index (χ0n) is 51.8. The monoisotopic (exact) mass is 1100 g/mol. The van der Waals surface area contributed by atoms with Crippen molar-refractivity contribution in [1.82, 2.24) is 0 Å². The molecule has 0 rings (SSSR count). The number of esters is 3. The van der Waals surface area contributed by atoms with Gasteiger partial charge in [-0.1, -0.05) is 282 Å². The lowest BCUT2D eigenvalue weighted by molar-refractivity contribution is -0.166. The summed E-state index contributed by atoms with van der Waals surface area (Å²) in [5.41, 5.74) is 0. The maximum Gasteiger partial charge on any atom is 0.306 e. The van der Waals surface area contributed by atoms with Crippen LogP contribution in [0.5, 0.6) is 0 Å². The number of hydrogen-bond acceptors (Lipinski definition) is 6. The van der Waals surface area contributed by atoms with Crippen LogP contribution in [0.2, 0.25) is 0 Å². The molecule has 0 saturated carbocycles. The summed E-state index contributed by atoms with van der Waals surface area (Å²) >= 11 is 0. The van der Waals surface area contributed by atoms with E-state index in [-0.39, 0.29) is 31.6 Å². The van der Waals surface area contributed by atoms with Crippen molar-refractivity contribution in [3.63, 3.8) is 0 Å². The quantitative estimate of drug-likeness (QED) is 0.0261. The number of ether oxygens (including phenoxy) is 3. The smallest absolute Gasteiger partial charge is 0.306 e. The highest BCUT2D eigenvalue weighted by Crippen LogP contribution is 2.16. The molecule has 0 radical (unpaired) electrons. The van der Waals surface area contributed by atoms with Crippen LogP contribution in [0.3, 0.4) is 0 Å². The fraction of sp³-hybridized carbons (Fsp3) is 0.635. The highest BCUT2D eigenvalue weighted by atomic mass is 16.6. The summed E-state index contributed by atoms with van der Waals surface area (Å²) < 4.78 is 16.8. The average molecular weight is 1110 g/mol. The lowest BCUT2D eigenvalue weighted by atomic mass is 10.0. The van der Waals surface area contributed by atoms with Gasteiger partial charge in [0.1, 0.15) is 13.2 Å². The van der Waals surface area contributed by atoms with Crippen molar-refractivity contribution in [2.24, 2.45) is 0 Å². The third-order valence-electron chi connectivity index (χ3n) is 13.6. The average Bonchev–Trinajstić information content (AvgIpc) is 3.46. The number of carbonyl (C=O) groups is 3. The number of rotatable bonds is 58. The Morgan fingerprint density at radius 1 is 0.263 bits per heavy atom. The van der Waals surface area contributed by atoms with E-state index >= 15 is 0 Å². The van der Waals surface area contributed by atoms with Gasteiger partial charge in [-0.15, -0.1) is 0 Å². The lowest BCUT2D eigenvalue weighted by Gasteiger charge is -2.18. The van der Waals surface area contributed by atoms with Crippen LogP contribution in [0, 0.1) is 0 Å². The Kier molecular flexibility index (Phi) is 62.9. The maximum absolute atomic E-state index is 12.9. The summed E-state index contributed by atoms with van der Waals surface area (Å²) in [4.78, 5) is 38.2. The summed E-state index contributed by atoms with van der Waals surface area (Å²) in [6.07, 6.45) is 95.9. The van der Waals surface area contributed by atoms with Crippen LogP contribution in [-0.2, 0) is 28.6 Å². The van der Waals surface area contributed by atoms with Crippen molar-refractivity contribution in [3.05, 3.63) is 146 Å². The lowest BCUT2D eigenvalue weighted by Crippen LogP contribution is -2.30. The molecule has 0 aliphatic heterocycles. The van der Waals surface area contributed by atoms with Gasteiger partial charge in [0.2, 0.25) is 0 Å². The number of allylic oxidation sites excluding steroid dienone is 24. The number of unbranched alkanes of at least 4 members (excludes halogenated alkanes) is 23. The summed E-state index contributed by atoms with van der Waals surface area (Å²) in [5, 5.41) is 0. The summed E-state index contributed by atoms with van der Waals surface area (Å²) in [6.45, 7) is 6.32. The van der Waals surface area contributed by atoms with E-state index in [1.807, 2.05) is 6.08 Å². The molecular formula is C74H120O6. The van der Waals surface area contributed by atoms with Gasteiger partial charge in [0.25, 0.3) is 0 Å². The van der Waals surface area contributed by atoms with E-state index in [4.69, 9.17) is 14.2 Å². The minimum absolute atomic E-state index is 0.114. The third kappa shape index (κ3) is 64.1. The van der Waals surface area contributed by atoms with Crippen molar-refractivity contribution < 1.29 is 28.6 Å². The normalized spacial score (nSPS) is 13.1. The van der Waals surface area contributed by atoms with E-state index in [0.717, 1.165) is 122 Å². The molecule has 0 fully saturated rings. The molecule has 0 aliphatic carbocycles. The fourth-order valence-electron chi connectivity index (χ4n) is 8.73. The van der Waals surface area contributed by atoms with Crippen molar-refractivity contribution >= 4 is 17.9 Å². The first-order valence-corrected chi connectivity index (χ1v) is 32.8. The molecule has 6 nitrogen and oxygen atoms in total. The molecule has 0 amide bonds. The molecule has 0 saturated heterocycles. The molecule has 0 bridgehead atoms. The first-order chi connectivity index (χ1) is 39.5. The molecule has 80 heavy (non-hydrogen) atoms. The third-order valence-corrected chi connectivity index (χ3v) is 13.6. The minimum Gasteiger partial charge on any atom is -0.462 e. The van der Waals surface area contributed by atoms with Gasteiger partial charge in [-0.05, 0) is 128 Å². The zero-order valence-corrected chi connectivity index (χ0v) is 51.8. The van der Waals surface area contributed by atoms with Gasteiger partial charge in [0, 0.05) is 19.3 Å². The van der Waals surface area contributed by atoms with E-state index in [9.17, 15) is 14.4 Å². The van der Waals surface area contributed by atoms with Crippen molar-refractivity contribution in [3.8, 4) is 0 Å². The van der Waals surface area contributed by atoms with Gasteiger partial charge in [0.15, 0.2) is 6.10 Å². The van der Waals surface area contributed by atoms with Crippen LogP contribution < -0.4 is 0 Å². The second-order valence-electron chi connectivity index (χ2n) is 21.3. The maximum atomic E-state index is 12.9. The van der Waals surface area contributed by atoms with Crippen molar-refractivity contribution in [1.29, 1.82) is 0 Å². The van der Waals surface area contributed by atoms with E-state index in [0.29, 0.717) is 19.3 Å². The topological polar surface area (TPSA) is 78.9 Å². The largest absolute Gasteiger partial charge is 0.462 e. The number of hydrogen-bond donors (Lipinski definition) is 0. The highest BCUT2D eigenvalue weighted by molar-refractivity contribution is 5.71. The first kappa shape index (κ1) is 75.3. The zero-order chi connectivity index (χ0) is 57.8. The highest BCUT2D eigenvalue weighted by Gasteiger charge is 2.19. The molecule has 0 spiro atoms. The van der Waals surface area contributed by atoms with Crippen molar-refractivity contribution in [2.45, 2.75) is 290 Å². The van der Waals surface area contributed by atoms with Crippen LogP contribution in [-0.4, -0.2) is 37.2 Å². The molecule has 6 heteroatoms. The Balaban J connectivity index is 4.31. The van der Waals surface area contributed by atoms with E-state index in [1.165, 1.54) is 116 Å². The van der Waals surface area contributed by atoms with Crippen LogP contribution in [0.25, 0.3) is 0 Å². The Hall–Kier alpha value is -4.71. The standard InChI is InChI=1S/C74H120O6/c1-4-7-10-13-16-19-22-25-27-29-31-32-33-34-35-36-37-38-39-40-41-42-44-45-47-49-52-55-58-61-64-67-73(76)79-70-71(69-78-72(75)66-63-60-57-54-51-24-21-18-15-12-9-6-3)80-74(77)68-65-62-59-56-53-50-48-46-43-30-28-26-23-20-17-14-11-8-5-2/h7-8,10-11,16-21,25-28,31-32,34-35,43,46,50,53,59,62,71H,4-6,9,12-15,22-24,29-30,33,36-42,44-45,47-49,51-52,54-58,60-61,63-70H2,1-3H3/b10-7-,11-8-,19-16-,20-17-,21-18-,27-25-,28-26-,32-31-,35-34-,46-43-,53-50-,62-59-. The summed E-state index contributed by atoms with van der Waals surface area (Å²) in [6, 6.07) is 0. The summed E-state index contributed by atoms with van der Waals surface area (Å²) in [7, 11) is 0. The minimum atomic E-state index is -0.827. The van der Waals surface area contributed by atoms with Gasteiger partial charge in [-0.3, -0.25) is 14.4 Å². The SMILES string of the molecule is CC/C=C\C/C=C\C/C=C\C/C=C\C/C=C\C/C=C\CCC(=O)OC(COC(=O)CCCCCCC/C=C\CCCCC)COC(=O)CCCCCCCCCCCCCCCCC/C=C\C/C=C\C/C=C\C/C=C\C/C=C\CC. The molecule has 0 aromatic rings. The Bertz CT molecular complexity index is 1750. The van der Waals surface area contributed by atoms with Crippen LogP contribution in [0.4, 0.5) is 0 Å². The molecule has 1 atom stereocenters. The van der Waals surface area contributed by atoms with E-state index < -0.39 is 12.1 Å². The second kappa shape index (κ2) is 66.8. The first-order valence-electron chi connectivity index (χ1n) is 32.8. The van der Waals surface area contributed by atoms with Gasteiger partial charge in [-0.25, -0.2) is 0 Å². The molecule has 0 heterocycles. The molecule has 1 unspecified atom stereocenters. The van der Waals surface area contributed by atoms with Gasteiger partial charge >= 0.3 is 17.9 Å². The van der Waals surface area contributed by atoms with E-state index in [1.54, 1.807) is 0 Å². The fourth-order valence-corrected chi connectivity index (χ4v) is 8.73. The summed E-state index contributed by atoms with van der Waals surface area (Å²) in [5.74, 6) is -1.01. The van der Waals surface area contributed by atoms with Crippen LogP contribution >= 0.6 is 0 Å². The Morgan fingerprint density at radius 2 is 0.512 bits per heavy atom. The van der Waals surface area contributed by atoms with Crippen LogP contribution in [0.15, 0.2) is 146 Å².